The second-order valence-electron chi connectivity index (χ2n) is 4.69. The Kier molecular flexibility index (Phi) is 3.71. The molecule has 1 aliphatic carbocycles. The molecule has 1 atom stereocenters. The number of carboxylic acids is 1. The van der Waals surface area contributed by atoms with E-state index in [9.17, 15) is 27.6 Å². The number of nitrogens with one attached hydrogen (secondary N) is 1. The van der Waals surface area contributed by atoms with E-state index in [0.717, 1.165) is 0 Å². The van der Waals surface area contributed by atoms with Crippen molar-refractivity contribution in [2.24, 2.45) is 5.92 Å². The molecule has 2 rings (SSSR count). The van der Waals surface area contributed by atoms with E-state index >= 15 is 0 Å². The molecule has 5 nitrogen and oxygen atoms in total. The second kappa shape index (κ2) is 5.19. The number of hydrogen-bond donors (Lipinski definition) is 2. The van der Waals surface area contributed by atoms with Crippen molar-refractivity contribution in [2.45, 2.75) is 19.0 Å². The molecule has 1 unspecified atom stereocenters. The number of rotatable bonds is 3. The molecular formula is C13H10F3NO4. The third-order valence-corrected chi connectivity index (χ3v) is 3.14. The van der Waals surface area contributed by atoms with Crippen molar-refractivity contribution < 1.29 is 32.7 Å². The minimum absolute atomic E-state index is 0.0835. The maximum atomic E-state index is 12.1. The predicted octanol–water partition coefficient (Wildman–Crippen LogP) is 2.02. The van der Waals surface area contributed by atoms with Crippen LogP contribution in [0.25, 0.3) is 0 Å². The minimum atomic E-state index is -5.00. The Balaban J connectivity index is 2.18. The standard InChI is InChI=1S/C13H10F3NO4/c14-13(15,16)12(21)17-8-1-2-9-6(4-8)3-7(11(9)20)5-10(18)19/h1-2,4,7H,3,5H2,(H,17,21)(H,18,19). The highest BCUT2D eigenvalue weighted by molar-refractivity contribution is 6.04. The summed E-state index contributed by atoms with van der Waals surface area (Å²) in [4.78, 5) is 33.4. The number of anilines is 1. The van der Waals surface area contributed by atoms with Crippen LogP contribution in [0.5, 0.6) is 0 Å². The van der Waals surface area contributed by atoms with Crippen LogP contribution in [0.15, 0.2) is 18.2 Å². The lowest BCUT2D eigenvalue weighted by Crippen LogP contribution is -2.29. The van der Waals surface area contributed by atoms with Crippen molar-refractivity contribution in [3.63, 3.8) is 0 Å². The van der Waals surface area contributed by atoms with Crippen molar-refractivity contribution in [1.82, 2.24) is 0 Å². The Morgan fingerprint density at radius 1 is 1.33 bits per heavy atom. The van der Waals surface area contributed by atoms with Crippen LogP contribution in [0.2, 0.25) is 0 Å². The number of halogens is 3. The molecule has 0 saturated carbocycles. The number of hydrogen-bond acceptors (Lipinski definition) is 3. The van der Waals surface area contributed by atoms with Gasteiger partial charge in [-0.3, -0.25) is 14.4 Å². The molecule has 112 valence electrons. The number of carboxylic acid groups (broad SMARTS) is 1. The van der Waals surface area contributed by atoms with Gasteiger partial charge in [-0.25, -0.2) is 0 Å². The van der Waals surface area contributed by atoms with E-state index in [0.29, 0.717) is 5.56 Å². The van der Waals surface area contributed by atoms with Gasteiger partial charge < -0.3 is 10.4 Å². The third-order valence-electron chi connectivity index (χ3n) is 3.14. The number of carbonyl (C=O) groups excluding carboxylic acids is 2. The van der Waals surface area contributed by atoms with Gasteiger partial charge in [0.25, 0.3) is 0 Å². The molecule has 0 bridgehead atoms. The first-order valence-corrected chi connectivity index (χ1v) is 5.95. The molecule has 0 radical (unpaired) electrons. The molecule has 0 spiro atoms. The number of alkyl halides is 3. The second-order valence-corrected chi connectivity index (χ2v) is 4.69. The monoisotopic (exact) mass is 301 g/mol. The van der Waals surface area contributed by atoms with Gasteiger partial charge in [0.2, 0.25) is 0 Å². The zero-order valence-corrected chi connectivity index (χ0v) is 10.5. The van der Waals surface area contributed by atoms with Gasteiger partial charge in [-0.05, 0) is 30.2 Å². The van der Waals surface area contributed by atoms with Crippen molar-refractivity contribution in [1.29, 1.82) is 0 Å². The summed E-state index contributed by atoms with van der Waals surface area (Å²) >= 11 is 0. The molecule has 21 heavy (non-hydrogen) atoms. The van der Waals surface area contributed by atoms with Crippen LogP contribution in [0, 0.1) is 5.92 Å². The highest BCUT2D eigenvalue weighted by Gasteiger charge is 2.39. The molecule has 1 amide bonds. The van der Waals surface area contributed by atoms with Gasteiger partial charge >= 0.3 is 18.1 Å². The van der Waals surface area contributed by atoms with Crippen molar-refractivity contribution in [3.8, 4) is 0 Å². The largest absolute Gasteiger partial charge is 0.481 e. The van der Waals surface area contributed by atoms with Gasteiger partial charge in [-0.1, -0.05) is 0 Å². The van der Waals surface area contributed by atoms with E-state index in [1.807, 2.05) is 0 Å². The van der Waals surface area contributed by atoms with E-state index in [4.69, 9.17) is 5.11 Å². The maximum absolute atomic E-state index is 12.1. The highest BCUT2D eigenvalue weighted by atomic mass is 19.4. The van der Waals surface area contributed by atoms with Crippen LogP contribution in [-0.4, -0.2) is 28.9 Å². The smallest absolute Gasteiger partial charge is 0.471 e. The summed E-state index contributed by atoms with van der Waals surface area (Å²) in [5.74, 6) is -4.28. The van der Waals surface area contributed by atoms with Crippen molar-refractivity contribution in [3.05, 3.63) is 29.3 Å². The molecule has 0 aromatic heterocycles. The van der Waals surface area contributed by atoms with E-state index in [2.05, 4.69) is 0 Å². The Bertz CT molecular complexity index is 624. The number of benzene rings is 1. The number of Topliss-reactive ketones (excluding diaryl/α,β-unsaturated/α-hetero) is 1. The normalized spacial score (nSPS) is 17.5. The van der Waals surface area contributed by atoms with Crippen LogP contribution in [0.4, 0.5) is 18.9 Å². The van der Waals surface area contributed by atoms with Gasteiger partial charge in [-0.15, -0.1) is 0 Å². The number of aliphatic carboxylic acids is 1. The summed E-state index contributed by atoms with van der Waals surface area (Å²) in [7, 11) is 0. The lowest BCUT2D eigenvalue weighted by molar-refractivity contribution is -0.167. The lowest BCUT2D eigenvalue weighted by Gasteiger charge is -2.08. The summed E-state index contributed by atoms with van der Waals surface area (Å²) in [6, 6.07) is 3.74. The summed E-state index contributed by atoms with van der Waals surface area (Å²) in [5, 5.41) is 10.4. The first-order valence-electron chi connectivity index (χ1n) is 5.95. The van der Waals surface area contributed by atoms with Gasteiger partial charge in [0.15, 0.2) is 5.78 Å². The topological polar surface area (TPSA) is 83.5 Å². The Labute approximate surface area is 116 Å². The summed E-state index contributed by atoms with van der Waals surface area (Å²) in [5.41, 5.74) is 0.636. The van der Waals surface area contributed by atoms with E-state index < -0.39 is 24.0 Å². The highest BCUT2D eigenvalue weighted by Crippen LogP contribution is 2.31. The molecule has 0 heterocycles. The Hall–Kier alpha value is -2.38. The average Bonchev–Trinajstić information content (AvgIpc) is 2.64. The summed E-state index contributed by atoms with van der Waals surface area (Å²) in [6.07, 6.45) is -5.20. The van der Waals surface area contributed by atoms with Crippen LogP contribution in [-0.2, 0) is 16.0 Å². The molecule has 1 aromatic rings. The number of fused-ring (bicyclic) bond motifs is 1. The van der Waals surface area contributed by atoms with Crippen LogP contribution in [0.3, 0.4) is 0 Å². The fourth-order valence-corrected chi connectivity index (χ4v) is 2.24. The molecule has 8 heteroatoms. The molecule has 0 saturated heterocycles. The molecular weight excluding hydrogens is 291 g/mol. The van der Waals surface area contributed by atoms with E-state index in [-0.39, 0.29) is 29.9 Å². The maximum Gasteiger partial charge on any atom is 0.471 e. The van der Waals surface area contributed by atoms with Crippen LogP contribution >= 0.6 is 0 Å². The van der Waals surface area contributed by atoms with Crippen LogP contribution in [0.1, 0.15) is 22.3 Å². The zero-order chi connectivity index (χ0) is 15.8. The summed E-state index contributed by atoms with van der Waals surface area (Å²) in [6.45, 7) is 0. The fourth-order valence-electron chi connectivity index (χ4n) is 2.24. The third kappa shape index (κ3) is 3.21. The lowest BCUT2D eigenvalue weighted by atomic mass is 10.0. The minimum Gasteiger partial charge on any atom is -0.481 e. The Morgan fingerprint density at radius 2 is 2.00 bits per heavy atom. The first kappa shape index (κ1) is 15.0. The first-order chi connectivity index (χ1) is 9.68. The van der Waals surface area contributed by atoms with Crippen molar-refractivity contribution >= 4 is 23.3 Å². The average molecular weight is 301 g/mol. The molecule has 0 aliphatic heterocycles. The zero-order valence-electron chi connectivity index (χ0n) is 10.5. The SMILES string of the molecule is O=C(O)CC1Cc2cc(NC(=O)C(F)(F)F)ccc2C1=O. The predicted molar refractivity (Wildman–Crippen MR) is 64.9 cm³/mol. The number of ketones is 1. The number of amides is 1. The molecule has 1 aliphatic rings. The number of carbonyl (C=O) groups is 3. The fraction of sp³-hybridized carbons (Fsp3) is 0.308. The van der Waals surface area contributed by atoms with Crippen molar-refractivity contribution in [2.75, 3.05) is 5.32 Å². The van der Waals surface area contributed by atoms with Gasteiger partial charge in [-0.2, -0.15) is 13.2 Å². The Morgan fingerprint density at radius 3 is 2.57 bits per heavy atom. The summed E-state index contributed by atoms with van der Waals surface area (Å²) < 4.78 is 36.4. The van der Waals surface area contributed by atoms with E-state index in [1.54, 1.807) is 5.32 Å². The van der Waals surface area contributed by atoms with Gasteiger partial charge in [0.05, 0.1) is 6.42 Å². The van der Waals surface area contributed by atoms with Gasteiger partial charge in [0.1, 0.15) is 0 Å². The van der Waals surface area contributed by atoms with Crippen LogP contribution < -0.4 is 5.32 Å². The quantitative estimate of drug-likeness (QED) is 0.894. The molecule has 2 N–H and O–H groups in total. The molecule has 1 aromatic carbocycles. The van der Waals surface area contributed by atoms with Gasteiger partial charge in [0, 0.05) is 17.2 Å². The molecule has 0 fully saturated rings. The van der Waals surface area contributed by atoms with E-state index in [1.165, 1.54) is 18.2 Å².